The van der Waals surface area contributed by atoms with Gasteiger partial charge in [0.25, 0.3) is 5.91 Å². The summed E-state index contributed by atoms with van der Waals surface area (Å²) in [6.07, 6.45) is 0. The van der Waals surface area contributed by atoms with Crippen LogP contribution in [0.3, 0.4) is 0 Å². The molecule has 1 unspecified atom stereocenters. The average Bonchev–Trinajstić information content (AvgIpc) is 2.33. The molecule has 3 nitrogen and oxygen atoms in total. The van der Waals surface area contributed by atoms with Crippen LogP contribution in [0.25, 0.3) is 0 Å². The first-order chi connectivity index (χ1) is 8.90. The third-order valence-corrected chi connectivity index (χ3v) is 3.06. The number of nitriles is 1. The van der Waals surface area contributed by atoms with E-state index < -0.39 is 29.0 Å². The van der Waals surface area contributed by atoms with Crippen molar-refractivity contribution in [3.63, 3.8) is 0 Å². The van der Waals surface area contributed by atoms with Crippen molar-refractivity contribution in [3.8, 4) is 6.07 Å². The first-order valence-corrected chi connectivity index (χ1v) is 6.53. The van der Waals surface area contributed by atoms with Crippen molar-refractivity contribution < 1.29 is 13.6 Å². The molecule has 0 aliphatic carbocycles. The van der Waals surface area contributed by atoms with Crippen LogP contribution < -0.4 is 0 Å². The van der Waals surface area contributed by atoms with Crippen molar-refractivity contribution in [1.82, 2.24) is 4.90 Å². The number of benzene rings is 1. The van der Waals surface area contributed by atoms with Crippen molar-refractivity contribution >= 4 is 21.8 Å². The van der Waals surface area contributed by atoms with Crippen LogP contribution in [-0.2, 0) is 0 Å². The number of carbonyl (C=O) groups is 1. The molecule has 1 aromatic rings. The highest BCUT2D eigenvalue weighted by Crippen LogP contribution is 2.21. The molecule has 1 aromatic carbocycles. The van der Waals surface area contributed by atoms with Crippen LogP contribution in [0.4, 0.5) is 8.78 Å². The van der Waals surface area contributed by atoms with Gasteiger partial charge in [0.05, 0.1) is 12.0 Å². The molecule has 0 saturated heterocycles. The predicted molar refractivity (Wildman–Crippen MR) is 70.4 cm³/mol. The summed E-state index contributed by atoms with van der Waals surface area (Å²) < 4.78 is 27.6. The van der Waals surface area contributed by atoms with E-state index >= 15 is 0 Å². The summed E-state index contributed by atoms with van der Waals surface area (Å²) in [5, 5.41) is 8.73. The maximum absolute atomic E-state index is 13.7. The average molecular weight is 331 g/mol. The van der Waals surface area contributed by atoms with Gasteiger partial charge in [0.2, 0.25) is 0 Å². The standard InChI is InChI=1S/C13H13BrF2N2O/c1-3-18(7-8(2)6-17)13(19)12-10(15)4-9(14)5-11(12)16/h4-5,8H,3,7H2,1-2H3. The van der Waals surface area contributed by atoms with Crippen molar-refractivity contribution in [2.75, 3.05) is 13.1 Å². The molecule has 0 saturated carbocycles. The quantitative estimate of drug-likeness (QED) is 0.849. The Labute approximate surface area is 118 Å². The largest absolute Gasteiger partial charge is 0.337 e. The number of rotatable bonds is 4. The molecule has 0 radical (unpaired) electrons. The lowest BCUT2D eigenvalue weighted by atomic mass is 10.1. The Morgan fingerprint density at radius 2 is 2.00 bits per heavy atom. The molecule has 102 valence electrons. The highest BCUT2D eigenvalue weighted by atomic mass is 79.9. The van der Waals surface area contributed by atoms with Gasteiger partial charge in [0.1, 0.15) is 17.2 Å². The summed E-state index contributed by atoms with van der Waals surface area (Å²) in [4.78, 5) is 13.4. The number of hydrogen-bond donors (Lipinski definition) is 0. The van der Waals surface area contributed by atoms with Crippen LogP contribution in [0.15, 0.2) is 16.6 Å². The zero-order valence-corrected chi connectivity index (χ0v) is 12.2. The van der Waals surface area contributed by atoms with E-state index in [1.807, 2.05) is 6.07 Å². The van der Waals surface area contributed by atoms with E-state index in [0.29, 0.717) is 0 Å². The highest BCUT2D eigenvalue weighted by Gasteiger charge is 2.24. The van der Waals surface area contributed by atoms with Gasteiger partial charge < -0.3 is 4.90 Å². The fourth-order valence-corrected chi connectivity index (χ4v) is 2.03. The Bertz CT molecular complexity index is 505. The van der Waals surface area contributed by atoms with Crippen molar-refractivity contribution in [2.45, 2.75) is 13.8 Å². The Morgan fingerprint density at radius 3 is 2.42 bits per heavy atom. The molecular weight excluding hydrogens is 318 g/mol. The molecule has 0 fully saturated rings. The van der Waals surface area contributed by atoms with E-state index in [1.54, 1.807) is 13.8 Å². The minimum atomic E-state index is -0.917. The zero-order chi connectivity index (χ0) is 14.6. The minimum Gasteiger partial charge on any atom is -0.337 e. The molecule has 0 aliphatic rings. The highest BCUT2D eigenvalue weighted by molar-refractivity contribution is 9.10. The van der Waals surface area contributed by atoms with Gasteiger partial charge in [-0.25, -0.2) is 8.78 Å². The topological polar surface area (TPSA) is 44.1 Å². The summed E-state index contributed by atoms with van der Waals surface area (Å²) in [6, 6.07) is 4.06. The third-order valence-electron chi connectivity index (χ3n) is 2.60. The molecule has 0 aromatic heterocycles. The van der Waals surface area contributed by atoms with Gasteiger partial charge >= 0.3 is 0 Å². The molecule has 0 spiro atoms. The molecule has 1 amide bonds. The summed E-state index contributed by atoms with van der Waals surface area (Å²) >= 11 is 2.95. The molecular formula is C13H13BrF2N2O. The maximum Gasteiger partial charge on any atom is 0.259 e. The van der Waals surface area contributed by atoms with Crippen LogP contribution in [-0.4, -0.2) is 23.9 Å². The van der Waals surface area contributed by atoms with E-state index in [0.717, 1.165) is 12.1 Å². The fraction of sp³-hybridized carbons (Fsp3) is 0.385. The second-order valence-corrected chi connectivity index (χ2v) is 5.03. The minimum absolute atomic E-state index is 0.140. The number of hydrogen-bond acceptors (Lipinski definition) is 2. The summed E-state index contributed by atoms with van der Waals surface area (Å²) in [5.41, 5.74) is -0.588. The number of carbonyl (C=O) groups excluding carboxylic acids is 1. The molecule has 1 rings (SSSR count). The first-order valence-electron chi connectivity index (χ1n) is 5.74. The Balaban J connectivity index is 3.08. The van der Waals surface area contributed by atoms with Gasteiger partial charge in [0.15, 0.2) is 0 Å². The molecule has 6 heteroatoms. The number of halogens is 3. The van der Waals surface area contributed by atoms with E-state index in [9.17, 15) is 13.6 Å². The van der Waals surface area contributed by atoms with E-state index in [4.69, 9.17) is 5.26 Å². The SMILES string of the molecule is CCN(CC(C)C#N)C(=O)c1c(F)cc(Br)cc1F. The molecule has 0 heterocycles. The smallest absolute Gasteiger partial charge is 0.259 e. The van der Waals surface area contributed by atoms with Crippen LogP contribution in [0.5, 0.6) is 0 Å². The summed E-state index contributed by atoms with van der Waals surface area (Å²) in [6.45, 7) is 3.75. The summed E-state index contributed by atoms with van der Waals surface area (Å²) in [7, 11) is 0. The van der Waals surface area contributed by atoms with E-state index in [2.05, 4.69) is 15.9 Å². The lowest BCUT2D eigenvalue weighted by molar-refractivity contribution is 0.0743. The van der Waals surface area contributed by atoms with Crippen LogP contribution in [0.2, 0.25) is 0 Å². The third kappa shape index (κ3) is 3.74. The lowest BCUT2D eigenvalue weighted by Crippen LogP contribution is -2.35. The molecule has 0 bridgehead atoms. The van der Waals surface area contributed by atoms with Gasteiger partial charge in [-0.1, -0.05) is 15.9 Å². The monoisotopic (exact) mass is 330 g/mol. The number of nitrogens with zero attached hydrogens (tertiary/aromatic N) is 2. The van der Waals surface area contributed by atoms with Gasteiger partial charge in [-0.2, -0.15) is 5.26 Å². The fourth-order valence-electron chi connectivity index (χ4n) is 1.63. The van der Waals surface area contributed by atoms with Crippen molar-refractivity contribution in [3.05, 3.63) is 33.8 Å². The van der Waals surface area contributed by atoms with E-state index in [-0.39, 0.29) is 17.6 Å². The molecule has 1 atom stereocenters. The van der Waals surface area contributed by atoms with Gasteiger partial charge in [-0.15, -0.1) is 0 Å². The number of amides is 1. The van der Waals surface area contributed by atoms with Crippen molar-refractivity contribution in [1.29, 1.82) is 5.26 Å². The molecule has 19 heavy (non-hydrogen) atoms. The predicted octanol–water partition coefficient (Wildman–Crippen LogP) is 3.35. The van der Waals surface area contributed by atoms with E-state index in [1.165, 1.54) is 4.90 Å². The Morgan fingerprint density at radius 1 is 1.47 bits per heavy atom. The first kappa shape index (κ1) is 15.6. The zero-order valence-electron chi connectivity index (χ0n) is 10.6. The summed E-state index contributed by atoms with van der Waals surface area (Å²) in [5.74, 6) is -2.97. The lowest BCUT2D eigenvalue weighted by Gasteiger charge is -2.22. The Kier molecular flexibility index (Phi) is 5.43. The van der Waals surface area contributed by atoms with Gasteiger partial charge in [-0.3, -0.25) is 4.79 Å². The normalized spacial score (nSPS) is 11.8. The second-order valence-electron chi connectivity index (χ2n) is 4.12. The van der Waals surface area contributed by atoms with Crippen LogP contribution >= 0.6 is 15.9 Å². The Hall–Kier alpha value is -1.48. The van der Waals surface area contributed by atoms with Crippen LogP contribution in [0.1, 0.15) is 24.2 Å². The van der Waals surface area contributed by atoms with Crippen LogP contribution in [0, 0.1) is 28.9 Å². The van der Waals surface area contributed by atoms with Gasteiger partial charge in [0, 0.05) is 17.6 Å². The molecule has 0 aliphatic heterocycles. The van der Waals surface area contributed by atoms with Gasteiger partial charge in [-0.05, 0) is 26.0 Å². The van der Waals surface area contributed by atoms with Crippen molar-refractivity contribution in [2.24, 2.45) is 5.92 Å². The molecule has 0 N–H and O–H groups in total. The second kappa shape index (κ2) is 6.62. The maximum atomic E-state index is 13.7.